The summed E-state index contributed by atoms with van der Waals surface area (Å²) in [7, 11) is 1.56. The van der Waals surface area contributed by atoms with Crippen LogP contribution in [-0.2, 0) is 9.59 Å². The predicted octanol–water partition coefficient (Wildman–Crippen LogP) is 4.45. The molecule has 1 saturated carbocycles. The molecule has 1 N–H and O–H groups in total. The zero-order valence-electron chi connectivity index (χ0n) is 18.5. The molecule has 2 aliphatic rings. The molecule has 0 aromatic heterocycles. The van der Waals surface area contributed by atoms with Gasteiger partial charge in [-0.05, 0) is 56.4 Å². The number of benzene rings is 1. The molecule has 1 aromatic carbocycles. The molecule has 1 saturated heterocycles. The number of hydrogen-bond acceptors (Lipinski definition) is 4. The van der Waals surface area contributed by atoms with Crippen molar-refractivity contribution in [2.45, 2.75) is 57.9 Å². The summed E-state index contributed by atoms with van der Waals surface area (Å²) < 4.78 is 10.9. The number of halogens is 1. The van der Waals surface area contributed by atoms with Crippen LogP contribution >= 0.6 is 11.6 Å². The van der Waals surface area contributed by atoms with Crippen molar-refractivity contribution in [1.29, 1.82) is 0 Å². The van der Waals surface area contributed by atoms with E-state index in [0.717, 1.165) is 44.3 Å². The third-order valence-electron chi connectivity index (χ3n) is 6.08. The Kier molecular flexibility index (Phi) is 8.64. The molecular formula is C24H33ClN2O4. The second kappa shape index (κ2) is 11.4. The Morgan fingerprint density at radius 3 is 2.52 bits per heavy atom. The predicted molar refractivity (Wildman–Crippen MR) is 123 cm³/mol. The lowest BCUT2D eigenvalue weighted by molar-refractivity contribution is -0.137. The van der Waals surface area contributed by atoms with Gasteiger partial charge in [-0.15, -0.1) is 0 Å². The average Bonchev–Trinajstić information content (AvgIpc) is 2.80. The van der Waals surface area contributed by atoms with Crippen LogP contribution in [0.1, 0.15) is 57.4 Å². The molecule has 1 aliphatic heterocycles. The summed E-state index contributed by atoms with van der Waals surface area (Å²) >= 11 is 6.29. The van der Waals surface area contributed by atoms with Crippen LogP contribution in [0.25, 0.3) is 6.08 Å². The molecule has 2 amide bonds. The fourth-order valence-corrected chi connectivity index (χ4v) is 4.67. The van der Waals surface area contributed by atoms with Crippen molar-refractivity contribution in [3.63, 3.8) is 0 Å². The Morgan fingerprint density at radius 1 is 1.16 bits per heavy atom. The quantitative estimate of drug-likeness (QED) is 0.626. The summed E-state index contributed by atoms with van der Waals surface area (Å²) in [5.41, 5.74) is 0.758. The standard InChI is InChI=1S/C24H33ClN2O4/c1-3-31-23-20(25)15-17(16-21(23)30-2)9-10-22(28)26-19-11-13-27(14-12-19)24(29)18-7-5-4-6-8-18/h9-10,15-16,18-19H,3-8,11-14H2,1-2H3,(H,26,28)/b10-9+. The largest absolute Gasteiger partial charge is 0.493 e. The molecule has 3 rings (SSSR count). The first kappa shape index (κ1) is 23.5. The number of methoxy groups -OCH3 is 1. The van der Waals surface area contributed by atoms with E-state index in [-0.39, 0.29) is 17.9 Å². The topological polar surface area (TPSA) is 67.9 Å². The Hall–Kier alpha value is -2.21. The molecule has 0 atom stereocenters. The van der Waals surface area contributed by atoms with Gasteiger partial charge < -0.3 is 19.7 Å². The molecule has 0 spiro atoms. The minimum Gasteiger partial charge on any atom is -0.493 e. The Labute approximate surface area is 189 Å². The van der Waals surface area contributed by atoms with Gasteiger partial charge in [0.15, 0.2) is 11.5 Å². The molecule has 0 unspecified atom stereocenters. The van der Waals surface area contributed by atoms with Crippen LogP contribution in [0.2, 0.25) is 5.02 Å². The van der Waals surface area contributed by atoms with E-state index in [1.165, 1.54) is 25.3 Å². The summed E-state index contributed by atoms with van der Waals surface area (Å²) in [6.07, 6.45) is 10.4. The Bertz CT molecular complexity index is 797. The van der Waals surface area contributed by atoms with E-state index in [1.54, 1.807) is 25.3 Å². The van der Waals surface area contributed by atoms with Gasteiger partial charge in [-0.2, -0.15) is 0 Å². The van der Waals surface area contributed by atoms with E-state index >= 15 is 0 Å². The highest BCUT2D eigenvalue weighted by atomic mass is 35.5. The molecule has 2 fully saturated rings. The normalized spacial score (nSPS) is 18.2. The lowest BCUT2D eigenvalue weighted by Crippen LogP contribution is -2.48. The molecule has 1 heterocycles. The van der Waals surface area contributed by atoms with E-state index in [0.29, 0.717) is 29.0 Å². The van der Waals surface area contributed by atoms with Gasteiger partial charge in [0.2, 0.25) is 11.8 Å². The molecular weight excluding hydrogens is 416 g/mol. The van der Waals surface area contributed by atoms with Crippen LogP contribution in [0, 0.1) is 5.92 Å². The second-order valence-corrected chi connectivity index (χ2v) is 8.65. The van der Waals surface area contributed by atoms with Crippen molar-refractivity contribution in [1.82, 2.24) is 10.2 Å². The molecule has 1 aromatic rings. The van der Waals surface area contributed by atoms with Crippen molar-refractivity contribution in [3.05, 3.63) is 28.8 Å². The first-order chi connectivity index (χ1) is 15.0. The first-order valence-electron chi connectivity index (χ1n) is 11.3. The minimum atomic E-state index is -0.152. The third kappa shape index (κ3) is 6.39. The van der Waals surface area contributed by atoms with Gasteiger partial charge in [0, 0.05) is 31.1 Å². The molecule has 170 valence electrons. The highest BCUT2D eigenvalue weighted by Crippen LogP contribution is 2.36. The highest BCUT2D eigenvalue weighted by molar-refractivity contribution is 6.32. The number of ether oxygens (including phenoxy) is 2. The van der Waals surface area contributed by atoms with E-state index in [4.69, 9.17) is 21.1 Å². The number of piperidine rings is 1. The van der Waals surface area contributed by atoms with Gasteiger partial charge in [-0.3, -0.25) is 9.59 Å². The van der Waals surface area contributed by atoms with Crippen LogP contribution in [-0.4, -0.2) is 49.6 Å². The van der Waals surface area contributed by atoms with E-state index in [1.807, 2.05) is 11.8 Å². The van der Waals surface area contributed by atoms with E-state index in [2.05, 4.69) is 5.32 Å². The number of likely N-dealkylation sites (tertiary alicyclic amines) is 1. The lowest BCUT2D eigenvalue weighted by Gasteiger charge is -2.35. The second-order valence-electron chi connectivity index (χ2n) is 8.24. The first-order valence-corrected chi connectivity index (χ1v) is 11.7. The number of amides is 2. The fourth-order valence-electron chi connectivity index (χ4n) is 4.39. The number of carbonyl (C=O) groups excluding carboxylic acids is 2. The van der Waals surface area contributed by atoms with Crippen LogP contribution in [0.4, 0.5) is 0 Å². The molecule has 31 heavy (non-hydrogen) atoms. The zero-order chi connectivity index (χ0) is 22.2. The fraction of sp³-hybridized carbons (Fsp3) is 0.583. The summed E-state index contributed by atoms with van der Waals surface area (Å²) in [6.45, 7) is 3.80. The molecule has 0 radical (unpaired) electrons. The number of rotatable bonds is 7. The highest BCUT2D eigenvalue weighted by Gasteiger charge is 2.29. The SMILES string of the molecule is CCOc1c(Cl)cc(/C=C/C(=O)NC2CCN(C(=O)C3CCCCC3)CC2)cc1OC. The maximum absolute atomic E-state index is 12.7. The maximum atomic E-state index is 12.7. The van der Waals surface area contributed by atoms with Crippen LogP contribution < -0.4 is 14.8 Å². The minimum absolute atomic E-state index is 0.0889. The van der Waals surface area contributed by atoms with Crippen molar-refractivity contribution in [2.24, 2.45) is 5.92 Å². The van der Waals surface area contributed by atoms with Crippen molar-refractivity contribution >= 4 is 29.5 Å². The molecule has 7 heteroatoms. The maximum Gasteiger partial charge on any atom is 0.244 e. The number of nitrogens with one attached hydrogen (secondary N) is 1. The lowest BCUT2D eigenvalue weighted by atomic mass is 9.87. The van der Waals surface area contributed by atoms with Crippen LogP contribution in [0.15, 0.2) is 18.2 Å². The van der Waals surface area contributed by atoms with Crippen molar-refractivity contribution in [2.75, 3.05) is 26.8 Å². The van der Waals surface area contributed by atoms with Crippen LogP contribution in [0.3, 0.4) is 0 Å². The average molecular weight is 449 g/mol. The van der Waals surface area contributed by atoms with E-state index < -0.39 is 0 Å². The van der Waals surface area contributed by atoms with Gasteiger partial charge in [0.05, 0.1) is 18.7 Å². The molecule has 1 aliphatic carbocycles. The molecule has 6 nitrogen and oxygen atoms in total. The zero-order valence-corrected chi connectivity index (χ0v) is 19.2. The number of nitrogens with zero attached hydrogens (tertiary/aromatic N) is 1. The van der Waals surface area contributed by atoms with Crippen LogP contribution in [0.5, 0.6) is 11.5 Å². The van der Waals surface area contributed by atoms with Crippen molar-refractivity contribution in [3.8, 4) is 11.5 Å². The molecule has 0 bridgehead atoms. The Balaban J connectivity index is 1.49. The summed E-state index contributed by atoms with van der Waals surface area (Å²) in [5.74, 6) is 1.40. The van der Waals surface area contributed by atoms with Gasteiger partial charge >= 0.3 is 0 Å². The summed E-state index contributed by atoms with van der Waals surface area (Å²) in [6, 6.07) is 3.62. The number of hydrogen-bond donors (Lipinski definition) is 1. The number of carbonyl (C=O) groups is 2. The Morgan fingerprint density at radius 2 is 1.87 bits per heavy atom. The monoisotopic (exact) mass is 448 g/mol. The summed E-state index contributed by atoms with van der Waals surface area (Å²) in [4.78, 5) is 27.1. The smallest absolute Gasteiger partial charge is 0.244 e. The van der Waals surface area contributed by atoms with Crippen molar-refractivity contribution < 1.29 is 19.1 Å². The van der Waals surface area contributed by atoms with E-state index in [9.17, 15) is 9.59 Å². The van der Waals surface area contributed by atoms with Gasteiger partial charge in [0.25, 0.3) is 0 Å². The van der Waals surface area contributed by atoms with Gasteiger partial charge in [0.1, 0.15) is 0 Å². The third-order valence-corrected chi connectivity index (χ3v) is 6.36. The van der Waals surface area contributed by atoms with Gasteiger partial charge in [-0.25, -0.2) is 0 Å². The summed E-state index contributed by atoms with van der Waals surface area (Å²) in [5, 5.41) is 3.49. The van der Waals surface area contributed by atoms with Gasteiger partial charge in [-0.1, -0.05) is 30.9 Å².